The third kappa shape index (κ3) is 5.66. The van der Waals surface area contributed by atoms with Gasteiger partial charge in [-0.1, -0.05) is 12.1 Å². The molecule has 6 nitrogen and oxygen atoms in total. The number of nitrogens with zero attached hydrogens (tertiary/aromatic N) is 1. The Morgan fingerprint density at radius 3 is 1.76 bits per heavy atom. The van der Waals surface area contributed by atoms with Crippen molar-refractivity contribution in [3.63, 3.8) is 0 Å². The highest BCUT2D eigenvalue weighted by molar-refractivity contribution is 5.39. The molecule has 0 fully saturated rings. The van der Waals surface area contributed by atoms with Crippen LogP contribution in [0.4, 0.5) is 0 Å². The fourth-order valence-corrected chi connectivity index (χ4v) is 2.14. The van der Waals surface area contributed by atoms with Crippen molar-refractivity contribution >= 4 is 0 Å². The summed E-state index contributed by atoms with van der Waals surface area (Å²) in [6.45, 7) is 6.17. The molecule has 0 aliphatic heterocycles. The highest BCUT2D eigenvalue weighted by Crippen LogP contribution is 2.17. The summed E-state index contributed by atoms with van der Waals surface area (Å²) >= 11 is 0. The zero-order valence-corrected chi connectivity index (χ0v) is 12.6. The molecule has 7 heteroatoms. The molecule has 0 aliphatic carbocycles. The zero-order chi connectivity index (χ0) is 16.2. The summed E-state index contributed by atoms with van der Waals surface area (Å²) in [5, 5.41) is 9.86. The molecule has 0 bridgehead atoms. The van der Waals surface area contributed by atoms with Crippen molar-refractivity contribution in [1.29, 1.82) is 0 Å². The number of rotatable bonds is 1. The number of phenols is 1. The summed E-state index contributed by atoms with van der Waals surface area (Å²) in [4.78, 5) is 0. The van der Waals surface area contributed by atoms with Gasteiger partial charge in [-0.25, -0.2) is 18.6 Å². The van der Waals surface area contributed by atoms with Crippen LogP contribution < -0.4 is 23.2 Å². The largest absolute Gasteiger partial charge is 0.502 e. The quantitative estimate of drug-likeness (QED) is 0.602. The second kappa shape index (κ2) is 6.84. The Bertz CT molecular complexity index is 596. The summed E-state index contributed by atoms with van der Waals surface area (Å²) in [7, 11) is -4.94. The molecule has 2 rings (SSSR count). The van der Waals surface area contributed by atoms with Crippen LogP contribution >= 0.6 is 0 Å². The fourth-order valence-electron chi connectivity index (χ4n) is 2.14. The average molecular weight is 314 g/mol. The first kappa shape index (κ1) is 17.4. The van der Waals surface area contributed by atoms with Gasteiger partial charge in [-0.2, -0.15) is 4.57 Å². The van der Waals surface area contributed by atoms with E-state index in [1.54, 1.807) is 6.07 Å². The fraction of sp³-hybridized carbons (Fsp3) is 0.214. The number of aromatic hydroxyl groups is 1. The topological polar surface area (TPSA) is 116 Å². The van der Waals surface area contributed by atoms with Crippen LogP contribution in [0, 0.1) is 31.0 Å². The van der Waals surface area contributed by atoms with Crippen molar-refractivity contribution in [2.45, 2.75) is 20.8 Å². The lowest BCUT2D eigenvalue weighted by Gasteiger charge is -2.17. The van der Waals surface area contributed by atoms with Crippen LogP contribution in [0.2, 0.25) is 0 Å². The van der Waals surface area contributed by atoms with Crippen LogP contribution in [0.1, 0.15) is 17.0 Å². The van der Waals surface area contributed by atoms with Gasteiger partial charge >= 0.3 is 0 Å². The molecule has 21 heavy (non-hydrogen) atoms. The van der Waals surface area contributed by atoms with Gasteiger partial charge in [-0.3, -0.25) is 0 Å². The maximum atomic E-state index is 9.86. The first-order valence-corrected chi connectivity index (χ1v) is 7.23. The number of hydrogen-bond donors (Lipinski definition) is 1. The van der Waals surface area contributed by atoms with E-state index in [0.29, 0.717) is 5.75 Å². The lowest BCUT2D eigenvalue weighted by Crippen LogP contribution is -2.68. The molecule has 0 saturated heterocycles. The number of pyridine rings is 1. The third-order valence-corrected chi connectivity index (χ3v) is 2.70. The number of halogens is 1. The van der Waals surface area contributed by atoms with Crippen LogP contribution in [0.3, 0.4) is 0 Å². The average Bonchev–Trinajstić information content (AvgIpc) is 2.28. The second-order valence-corrected chi connectivity index (χ2v) is 5.27. The Kier molecular flexibility index (Phi) is 5.65. The maximum absolute atomic E-state index is 9.86. The van der Waals surface area contributed by atoms with Crippen molar-refractivity contribution in [2.24, 2.45) is 0 Å². The second-order valence-electron chi connectivity index (χ2n) is 4.52. The van der Waals surface area contributed by atoms with Crippen molar-refractivity contribution in [1.82, 2.24) is 0 Å². The van der Waals surface area contributed by atoms with Crippen LogP contribution in [-0.4, -0.2) is 5.11 Å². The number of aryl methyl sites for hydroxylation is 3. The van der Waals surface area contributed by atoms with E-state index in [1.165, 1.54) is 5.56 Å². The van der Waals surface area contributed by atoms with E-state index in [4.69, 9.17) is 18.6 Å². The van der Waals surface area contributed by atoms with Gasteiger partial charge in [0.05, 0.1) is 0 Å². The number of phenolic OH excluding ortho intramolecular Hbond substituents is 1. The highest BCUT2D eigenvalue weighted by Gasteiger charge is 2.17. The molecule has 0 amide bonds. The third-order valence-electron chi connectivity index (χ3n) is 2.70. The van der Waals surface area contributed by atoms with Gasteiger partial charge in [-0.05, 0) is 18.6 Å². The Morgan fingerprint density at radius 1 is 0.905 bits per heavy atom. The van der Waals surface area contributed by atoms with E-state index in [0.717, 1.165) is 17.1 Å². The molecular formula is C14H16ClNO5. The highest BCUT2D eigenvalue weighted by atomic mass is 35.7. The van der Waals surface area contributed by atoms with Gasteiger partial charge in [0.15, 0.2) is 17.1 Å². The lowest BCUT2D eigenvalue weighted by atomic mass is 10.2. The van der Waals surface area contributed by atoms with E-state index in [-0.39, 0.29) is 0 Å². The molecule has 0 radical (unpaired) electrons. The Morgan fingerprint density at radius 2 is 1.33 bits per heavy atom. The molecular weight excluding hydrogens is 298 g/mol. The molecule has 1 aromatic carbocycles. The van der Waals surface area contributed by atoms with E-state index in [9.17, 15) is 5.11 Å². The monoisotopic (exact) mass is 313 g/mol. The number of hydrogen-bond acceptors (Lipinski definition) is 5. The van der Waals surface area contributed by atoms with Crippen molar-refractivity contribution in [3.8, 4) is 11.4 Å². The summed E-state index contributed by atoms with van der Waals surface area (Å²) in [5.74, 6) is 0.308. The maximum Gasteiger partial charge on any atom is 0.253 e. The minimum atomic E-state index is -4.94. The molecule has 0 atom stereocenters. The summed E-state index contributed by atoms with van der Waals surface area (Å²) in [5.41, 5.74) is 4.32. The number of para-hydroxylation sites is 2. The van der Waals surface area contributed by atoms with Crippen LogP contribution in [-0.2, 0) is 0 Å². The van der Waals surface area contributed by atoms with Crippen molar-refractivity contribution in [2.75, 3.05) is 0 Å². The summed E-state index contributed by atoms with van der Waals surface area (Å²) in [6.07, 6.45) is 0. The predicted octanol–water partition coefficient (Wildman–Crippen LogP) is -2.16. The molecule has 0 aliphatic rings. The van der Waals surface area contributed by atoms with Gasteiger partial charge in [0, 0.05) is 32.0 Å². The minimum absolute atomic E-state index is 0.308. The molecule has 1 N–H and O–H groups in total. The van der Waals surface area contributed by atoms with Crippen molar-refractivity contribution < 1.29 is 38.6 Å². The van der Waals surface area contributed by atoms with E-state index >= 15 is 0 Å². The van der Waals surface area contributed by atoms with E-state index in [1.807, 2.05) is 32.0 Å². The van der Waals surface area contributed by atoms with Crippen LogP contribution in [0.25, 0.3) is 5.69 Å². The first-order chi connectivity index (χ1) is 9.59. The standard InChI is InChI=1S/C14H15NO.ClHO4/c1-10-8-11(2)15(12(3)9-10)13-6-4-5-7-14(13)16;2-1(3,4)5/h4-9H,1-3H3;(H,2,3,4,5). The predicted molar refractivity (Wildman–Crippen MR) is 63.8 cm³/mol. The van der Waals surface area contributed by atoms with Crippen molar-refractivity contribution in [3.05, 3.63) is 53.3 Å². The number of benzene rings is 1. The van der Waals surface area contributed by atoms with E-state index < -0.39 is 10.2 Å². The minimum Gasteiger partial charge on any atom is -0.502 e. The summed E-state index contributed by atoms with van der Waals surface area (Å²) in [6, 6.07) is 11.6. The summed E-state index contributed by atoms with van der Waals surface area (Å²) < 4.78 is 36.0. The normalized spacial score (nSPS) is 10.8. The number of aromatic nitrogens is 1. The molecule has 0 saturated carbocycles. The van der Waals surface area contributed by atoms with Gasteiger partial charge in [-0.15, -0.1) is 10.2 Å². The molecule has 1 heterocycles. The molecule has 1 aromatic heterocycles. The molecule has 0 spiro atoms. The Labute approximate surface area is 124 Å². The Balaban J connectivity index is 0.000000383. The van der Waals surface area contributed by atoms with Crippen LogP contribution in [0.15, 0.2) is 36.4 Å². The van der Waals surface area contributed by atoms with Gasteiger partial charge in [0.2, 0.25) is 0 Å². The molecule has 2 aromatic rings. The zero-order valence-electron chi connectivity index (χ0n) is 11.9. The van der Waals surface area contributed by atoms with Gasteiger partial charge < -0.3 is 5.11 Å². The van der Waals surface area contributed by atoms with E-state index in [2.05, 4.69) is 23.6 Å². The Hall–Kier alpha value is -1.70. The first-order valence-electron chi connectivity index (χ1n) is 5.99. The van der Waals surface area contributed by atoms with Crippen LogP contribution in [0.5, 0.6) is 5.75 Å². The lowest BCUT2D eigenvalue weighted by molar-refractivity contribution is -2.00. The van der Waals surface area contributed by atoms with Gasteiger partial charge in [0.25, 0.3) is 5.69 Å². The smallest absolute Gasteiger partial charge is 0.253 e. The van der Waals surface area contributed by atoms with Gasteiger partial charge in [0.1, 0.15) is 0 Å². The molecule has 114 valence electrons. The molecule has 0 unspecified atom stereocenters. The SMILES string of the molecule is Cc1cc(C)[n+](-c2ccccc2O)c(C)c1.[O-][Cl+3]([O-])([O-])[O-].